The fraction of sp³-hybridized carbons (Fsp3) is 0.190. The largest absolute Gasteiger partial charge is 0.493 e. The molecule has 2 aliphatic rings. The first-order valence-corrected chi connectivity index (χ1v) is 8.44. The smallest absolute Gasteiger partial charge is 0.256 e. The van der Waals surface area contributed by atoms with E-state index in [4.69, 9.17) is 4.74 Å². The van der Waals surface area contributed by atoms with E-state index in [0.29, 0.717) is 5.57 Å². The zero-order valence-electron chi connectivity index (χ0n) is 14.2. The van der Waals surface area contributed by atoms with Crippen LogP contribution in [0.3, 0.4) is 0 Å². The number of likely N-dealkylation sites (N-methyl/N-ethyl adjacent to an activating group) is 1. The molecule has 0 unspecified atom stereocenters. The minimum Gasteiger partial charge on any atom is -0.493 e. The quantitative estimate of drug-likeness (QED) is 0.904. The molecule has 2 heterocycles. The van der Waals surface area contributed by atoms with Gasteiger partial charge in [0.05, 0.1) is 12.2 Å². The van der Waals surface area contributed by atoms with Crippen LogP contribution in [0.4, 0.5) is 11.4 Å². The number of fused-ring (bicyclic) bond motifs is 2. The highest BCUT2D eigenvalue weighted by molar-refractivity contribution is 6.27. The molecule has 4 heteroatoms. The lowest BCUT2D eigenvalue weighted by molar-refractivity contribution is -0.111. The van der Waals surface area contributed by atoms with Gasteiger partial charge in [-0.15, -0.1) is 0 Å². The van der Waals surface area contributed by atoms with Crippen molar-refractivity contribution in [3.8, 4) is 5.75 Å². The first-order valence-electron chi connectivity index (χ1n) is 8.44. The van der Waals surface area contributed by atoms with Gasteiger partial charge >= 0.3 is 0 Å². The highest BCUT2D eigenvalue weighted by Crippen LogP contribution is 2.35. The van der Waals surface area contributed by atoms with Crippen molar-refractivity contribution in [1.82, 2.24) is 0 Å². The van der Waals surface area contributed by atoms with Crippen LogP contribution in [0.25, 0.3) is 5.57 Å². The molecule has 2 aromatic carbocycles. The van der Waals surface area contributed by atoms with Gasteiger partial charge in [-0.1, -0.05) is 24.8 Å². The van der Waals surface area contributed by atoms with Gasteiger partial charge in [0, 0.05) is 29.7 Å². The van der Waals surface area contributed by atoms with Crippen LogP contribution < -0.4 is 15.0 Å². The molecule has 1 N–H and O–H groups in total. The maximum absolute atomic E-state index is 12.9. The van der Waals surface area contributed by atoms with Gasteiger partial charge in [0.1, 0.15) is 5.75 Å². The van der Waals surface area contributed by atoms with E-state index < -0.39 is 0 Å². The third-order valence-corrected chi connectivity index (χ3v) is 4.71. The van der Waals surface area contributed by atoms with Crippen molar-refractivity contribution in [2.75, 3.05) is 23.9 Å². The van der Waals surface area contributed by atoms with Gasteiger partial charge in [-0.25, -0.2) is 0 Å². The van der Waals surface area contributed by atoms with E-state index in [-0.39, 0.29) is 5.91 Å². The minimum atomic E-state index is -0.127. The maximum Gasteiger partial charge on any atom is 0.256 e. The van der Waals surface area contributed by atoms with Crippen LogP contribution in [-0.4, -0.2) is 19.6 Å². The Morgan fingerprint density at radius 3 is 2.96 bits per heavy atom. The van der Waals surface area contributed by atoms with Gasteiger partial charge in [0.2, 0.25) is 0 Å². The highest BCUT2D eigenvalue weighted by Gasteiger charge is 2.23. The number of nitrogens with one attached hydrogen (secondary N) is 1. The number of amides is 1. The molecule has 0 radical (unpaired) electrons. The van der Waals surface area contributed by atoms with E-state index >= 15 is 0 Å². The summed E-state index contributed by atoms with van der Waals surface area (Å²) in [7, 11) is 1.95. The second-order valence-corrected chi connectivity index (χ2v) is 6.35. The average molecular weight is 332 g/mol. The summed E-state index contributed by atoms with van der Waals surface area (Å²) in [5.41, 5.74) is 5.26. The third-order valence-electron chi connectivity index (χ3n) is 4.71. The Labute approximate surface area is 147 Å². The zero-order valence-corrected chi connectivity index (χ0v) is 14.2. The second kappa shape index (κ2) is 6.13. The van der Waals surface area contributed by atoms with Crippen molar-refractivity contribution in [3.05, 3.63) is 71.9 Å². The lowest BCUT2D eigenvalue weighted by Gasteiger charge is -2.28. The molecule has 0 fully saturated rings. The van der Waals surface area contributed by atoms with E-state index in [9.17, 15) is 4.79 Å². The molecule has 0 saturated heterocycles. The predicted molar refractivity (Wildman–Crippen MR) is 101 cm³/mol. The molecule has 0 bridgehead atoms. The number of ether oxygens (including phenoxy) is 1. The lowest BCUT2D eigenvalue weighted by Crippen LogP contribution is -2.24. The Morgan fingerprint density at radius 1 is 1.24 bits per heavy atom. The van der Waals surface area contributed by atoms with Crippen LogP contribution in [0.2, 0.25) is 0 Å². The van der Waals surface area contributed by atoms with Crippen LogP contribution >= 0.6 is 0 Å². The Hall–Kier alpha value is -3.01. The van der Waals surface area contributed by atoms with E-state index in [1.54, 1.807) is 0 Å². The topological polar surface area (TPSA) is 41.6 Å². The number of hydrogen-bond donors (Lipinski definition) is 1. The number of carbonyl (C=O) groups is 1. The molecular weight excluding hydrogens is 312 g/mol. The molecule has 2 aliphatic heterocycles. The van der Waals surface area contributed by atoms with Crippen LogP contribution in [0, 0.1) is 0 Å². The fourth-order valence-electron chi connectivity index (χ4n) is 3.31. The molecule has 25 heavy (non-hydrogen) atoms. The zero-order chi connectivity index (χ0) is 17.4. The summed E-state index contributed by atoms with van der Waals surface area (Å²) in [6.45, 7) is 4.81. The SMILES string of the molecule is C=C1C=C(C(=O)Nc2ccc3c(c2)CCCO3)c2ccccc2N1C. The third kappa shape index (κ3) is 2.80. The number of rotatable bonds is 2. The maximum atomic E-state index is 12.9. The summed E-state index contributed by atoms with van der Waals surface area (Å²) in [6, 6.07) is 13.7. The predicted octanol–water partition coefficient (Wildman–Crippen LogP) is 4.00. The van der Waals surface area contributed by atoms with Crippen molar-refractivity contribution >= 4 is 22.9 Å². The minimum absolute atomic E-state index is 0.127. The van der Waals surface area contributed by atoms with Crippen molar-refractivity contribution < 1.29 is 9.53 Å². The number of benzene rings is 2. The summed E-state index contributed by atoms with van der Waals surface area (Å²) < 4.78 is 5.63. The molecule has 0 aliphatic carbocycles. The van der Waals surface area contributed by atoms with Crippen LogP contribution in [0.5, 0.6) is 5.75 Å². The van der Waals surface area contributed by atoms with E-state index in [2.05, 4.69) is 11.9 Å². The summed E-state index contributed by atoms with van der Waals surface area (Å²) in [6.07, 6.45) is 3.82. The molecule has 2 aromatic rings. The van der Waals surface area contributed by atoms with Gasteiger partial charge in [-0.2, -0.15) is 0 Å². The Bertz CT molecular complexity index is 899. The number of hydrogen-bond acceptors (Lipinski definition) is 3. The van der Waals surface area contributed by atoms with Gasteiger partial charge in [0.25, 0.3) is 5.91 Å². The fourth-order valence-corrected chi connectivity index (χ4v) is 3.31. The van der Waals surface area contributed by atoms with Crippen molar-refractivity contribution in [3.63, 3.8) is 0 Å². The molecule has 0 spiro atoms. The number of carbonyl (C=O) groups excluding carboxylic acids is 1. The van der Waals surface area contributed by atoms with Crippen LogP contribution in [-0.2, 0) is 11.2 Å². The van der Waals surface area contributed by atoms with Crippen LogP contribution in [0.15, 0.2) is 60.8 Å². The number of aryl methyl sites for hydroxylation is 1. The highest BCUT2D eigenvalue weighted by atomic mass is 16.5. The van der Waals surface area contributed by atoms with Crippen molar-refractivity contribution in [2.24, 2.45) is 0 Å². The van der Waals surface area contributed by atoms with E-state index in [0.717, 1.165) is 53.4 Å². The normalized spacial score (nSPS) is 15.6. The first-order chi connectivity index (χ1) is 12.1. The van der Waals surface area contributed by atoms with Gasteiger partial charge in [0.15, 0.2) is 0 Å². The number of nitrogens with zero attached hydrogens (tertiary/aromatic N) is 1. The van der Waals surface area contributed by atoms with E-state index in [1.807, 2.05) is 60.5 Å². The number of anilines is 2. The molecular formula is C21H20N2O2. The molecule has 4 nitrogen and oxygen atoms in total. The second-order valence-electron chi connectivity index (χ2n) is 6.35. The Balaban J connectivity index is 1.63. The summed E-state index contributed by atoms with van der Waals surface area (Å²) >= 11 is 0. The molecule has 0 saturated carbocycles. The first kappa shape index (κ1) is 15.5. The van der Waals surface area contributed by atoms with E-state index in [1.165, 1.54) is 0 Å². The molecule has 0 aromatic heterocycles. The summed E-state index contributed by atoms with van der Waals surface area (Å²) in [5.74, 6) is 0.792. The standard InChI is InChI=1S/C21H20N2O2/c1-14-12-18(17-7-3-4-8-19(17)23(14)2)21(24)22-16-9-10-20-15(13-16)6-5-11-25-20/h3-4,7-10,12-13H,1,5-6,11H2,2H3,(H,22,24). The number of para-hydroxylation sites is 1. The lowest BCUT2D eigenvalue weighted by atomic mass is 9.97. The van der Waals surface area contributed by atoms with Gasteiger partial charge in [-0.3, -0.25) is 4.79 Å². The molecule has 126 valence electrons. The van der Waals surface area contributed by atoms with Gasteiger partial charge in [-0.05, 0) is 48.7 Å². The molecule has 0 atom stereocenters. The number of allylic oxidation sites excluding steroid dienone is 1. The van der Waals surface area contributed by atoms with Crippen molar-refractivity contribution in [2.45, 2.75) is 12.8 Å². The van der Waals surface area contributed by atoms with Crippen molar-refractivity contribution in [1.29, 1.82) is 0 Å². The summed E-state index contributed by atoms with van der Waals surface area (Å²) in [4.78, 5) is 14.9. The Kier molecular flexibility index (Phi) is 3.80. The summed E-state index contributed by atoms with van der Waals surface area (Å²) in [5, 5.41) is 3.02. The molecule has 1 amide bonds. The van der Waals surface area contributed by atoms with Crippen LogP contribution in [0.1, 0.15) is 17.5 Å². The Morgan fingerprint density at radius 2 is 2.08 bits per heavy atom. The average Bonchev–Trinajstić information content (AvgIpc) is 2.64. The van der Waals surface area contributed by atoms with Gasteiger partial charge < -0.3 is 15.0 Å². The molecule has 4 rings (SSSR count). The monoisotopic (exact) mass is 332 g/mol.